The van der Waals surface area contributed by atoms with E-state index < -0.39 is 4.70 Å². The van der Waals surface area contributed by atoms with Crippen LogP contribution in [-0.4, -0.2) is 31.1 Å². The molecule has 1 aliphatic carbocycles. The van der Waals surface area contributed by atoms with Gasteiger partial charge in [0.1, 0.15) is 25.6 Å². The Bertz CT molecular complexity index is 892. The van der Waals surface area contributed by atoms with Crippen molar-refractivity contribution in [3.8, 4) is 17.2 Å². The monoisotopic (exact) mass is 435 g/mol. The van der Waals surface area contributed by atoms with E-state index in [1.165, 1.54) is 42.5 Å². The summed E-state index contributed by atoms with van der Waals surface area (Å²) in [6, 6.07) is 12.5. The molecule has 29 heavy (non-hydrogen) atoms. The van der Waals surface area contributed by atoms with Gasteiger partial charge in [-0.3, -0.25) is 4.79 Å². The van der Waals surface area contributed by atoms with E-state index in [1.807, 2.05) is 6.07 Å². The second kappa shape index (κ2) is 8.72. The Morgan fingerprint density at radius 1 is 0.862 bits per heavy atom. The average Bonchev–Trinajstić information content (AvgIpc) is 3.21. The fourth-order valence-electron chi connectivity index (χ4n) is 3.86. The zero-order chi connectivity index (χ0) is 20.3. The first-order valence-electron chi connectivity index (χ1n) is 9.85. The maximum absolute atomic E-state index is 8.98. The Hall–Kier alpha value is -2.11. The second-order valence-corrected chi connectivity index (χ2v) is 8.28. The van der Waals surface area contributed by atoms with Gasteiger partial charge in [-0.25, -0.2) is 0 Å². The van der Waals surface area contributed by atoms with Crippen LogP contribution in [0, 0.1) is 0 Å². The highest BCUT2D eigenvalue weighted by molar-refractivity contribution is 6.93. The zero-order valence-corrected chi connectivity index (χ0v) is 17.5. The predicted molar refractivity (Wildman–Crippen MR) is 114 cm³/mol. The molecule has 0 saturated heterocycles. The SMILES string of the molecule is C1CCC1.O=C(Cl)Cl.c1ccc2c(c1)NCC21COc2cc3c(cc21)OCCO3. The molecule has 5 nitrogen and oxygen atoms in total. The number of carbonyl (C=O) groups excluding carboxylic acids is 1. The number of ether oxygens (including phenoxy) is 3. The topological polar surface area (TPSA) is 56.8 Å². The molecule has 3 heterocycles. The van der Waals surface area contributed by atoms with Crippen molar-refractivity contribution in [1.82, 2.24) is 0 Å². The molecule has 4 aliphatic rings. The van der Waals surface area contributed by atoms with Crippen LogP contribution in [0.15, 0.2) is 36.4 Å². The number of carbonyl (C=O) groups is 1. The van der Waals surface area contributed by atoms with Crippen molar-refractivity contribution in [3.63, 3.8) is 0 Å². The van der Waals surface area contributed by atoms with Gasteiger partial charge in [-0.1, -0.05) is 43.9 Å². The van der Waals surface area contributed by atoms with Gasteiger partial charge < -0.3 is 19.5 Å². The van der Waals surface area contributed by atoms with E-state index in [-0.39, 0.29) is 5.41 Å². The summed E-state index contributed by atoms with van der Waals surface area (Å²) in [5, 5.41) is 3.50. The summed E-state index contributed by atoms with van der Waals surface area (Å²) < 4.78 is 16.5. The summed E-state index contributed by atoms with van der Waals surface area (Å²) in [6.45, 7) is 2.73. The number of para-hydroxylation sites is 1. The van der Waals surface area contributed by atoms with E-state index in [9.17, 15) is 0 Å². The lowest BCUT2D eigenvalue weighted by Gasteiger charge is -2.24. The van der Waals surface area contributed by atoms with Crippen molar-refractivity contribution in [3.05, 3.63) is 47.5 Å². The van der Waals surface area contributed by atoms with Crippen LogP contribution in [0.3, 0.4) is 0 Å². The molecule has 3 aliphatic heterocycles. The first-order chi connectivity index (χ1) is 14.1. The van der Waals surface area contributed by atoms with Gasteiger partial charge in [0.25, 0.3) is 0 Å². The quantitative estimate of drug-likeness (QED) is 0.537. The minimum Gasteiger partial charge on any atom is -0.492 e. The smallest absolute Gasteiger partial charge is 0.313 e. The van der Waals surface area contributed by atoms with Crippen LogP contribution >= 0.6 is 23.2 Å². The summed E-state index contributed by atoms with van der Waals surface area (Å²) in [6.07, 6.45) is 6.00. The standard InChI is InChI=1S/C17H15NO3.C4H8.CCl2O/c1-2-4-13-11(3-1)17(9-18-13)10-21-14-8-16-15(7-12(14)17)19-5-6-20-16;1-2-4-3-1;2-1(3)4/h1-4,7-8,18H,5-6,9-10H2;1-4H2;. The fourth-order valence-corrected chi connectivity index (χ4v) is 3.86. The largest absolute Gasteiger partial charge is 0.492 e. The molecule has 1 unspecified atom stereocenters. The molecule has 0 aromatic heterocycles. The lowest BCUT2D eigenvalue weighted by atomic mass is 9.77. The lowest BCUT2D eigenvalue weighted by molar-refractivity contribution is 0.171. The summed E-state index contributed by atoms with van der Waals surface area (Å²) in [7, 11) is 0. The van der Waals surface area contributed by atoms with Crippen LogP contribution in [0.25, 0.3) is 0 Å². The van der Waals surface area contributed by atoms with Gasteiger partial charge in [0, 0.05) is 23.9 Å². The Kier molecular flexibility index (Phi) is 6.07. The van der Waals surface area contributed by atoms with E-state index in [0.29, 0.717) is 19.8 Å². The summed E-state index contributed by atoms with van der Waals surface area (Å²) in [5.74, 6) is 2.53. The predicted octanol–water partition coefficient (Wildman–Crippen LogP) is 5.71. The molecule has 1 atom stereocenters. The summed E-state index contributed by atoms with van der Waals surface area (Å²) in [5.41, 5.74) is 3.59. The van der Waals surface area contributed by atoms with Crippen molar-refractivity contribution in [1.29, 1.82) is 0 Å². The Balaban J connectivity index is 0.000000218. The number of rotatable bonds is 0. The van der Waals surface area contributed by atoms with Gasteiger partial charge in [-0.2, -0.15) is 0 Å². The molecule has 154 valence electrons. The number of hydrogen-bond acceptors (Lipinski definition) is 5. The van der Waals surface area contributed by atoms with Gasteiger partial charge in [0.2, 0.25) is 0 Å². The molecule has 0 bridgehead atoms. The zero-order valence-electron chi connectivity index (χ0n) is 16.0. The Morgan fingerprint density at radius 2 is 1.48 bits per heavy atom. The molecule has 6 rings (SSSR count). The third-order valence-corrected chi connectivity index (χ3v) is 5.66. The summed E-state index contributed by atoms with van der Waals surface area (Å²) in [4.78, 5) is 8.98. The van der Waals surface area contributed by atoms with Gasteiger partial charge in [0.05, 0.1) is 5.41 Å². The van der Waals surface area contributed by atoms with Gasteiger partial charge in [0.15, 0.2) is 11.5 Å². The van der Waals surface area contributed by atoms with Crippen LogP contribution in [-0.2, 0) is 5.41 Å². The number of hydrogen-bond donors (Lipinski definition) is 1. The highest BCUT2D eigenvalue weighted by Gasteiger charge is 2.47. The molecular formula is C22H23Cl2NO4. The number of fused-ring (bicyclic) bond motifs is 5. The van der Waals surface area contributed by atoms with E-state index >= 15 is 0 Å². The average molecular weight is 436 g/mol. The van der Waals surface area contributed by atoms with E-state index in [1.54, 1.807) is 0 Å². The first-order valence-corrected chi connectivity index (χ1v) is 10.6. The van der Waals surface area contributed by atoms with Crippen LogP contribution in [0.1, 0.15) is 36.8 Å². The normalized spacial score (nSPS) is 21.7. The van der Waals surface area contributed by atoms with Gasteiger partial charge in [-0.15, -0.1) is 0 Å². The van der Waals surface area contributed by atoms with Crippen molar-refractivity contribution < 1.29 is 19.0 Å². The van der Waals surface area contributed by atoms with E-state index in [4.69, 9.17) is 19.0 Å². The molecular weight excluding hydrogens is 413 g/mol. The molecule has 0 amide bonds. The minimum absolute atomic E-state index is 0.109. The van der Waals surface area contributed by atoms with Crippen LogP contribution in [0.2, 0.25) is 0 Å². The maximum atomic E-state index is 8.98. The molecule has 7 heteroatoms. The third kappa shape index (κ3) is 4.12. The molecule has 1 saturated carbocycles. The van der Waals surface area contributed by atoms with Gasteiger partial charge in [-0.05, 0) is 40.9 Å². The van der Waals surface area contributed by atoms with E-state index in [2.05, 4.69) is 58.9 Å². The maximum Gasteiger partial charge on any atom is 0.313 e. The first kappa shape index (κ1) is 20.2. The van der Waals surface area contributed by atoms with Gasteiger partial charge >= 0.3 is 4.70 Å². The molecule has 1 spiro atoms. The van der Waals surface area contributed by atoms with Crippen LogP contribution in [0.5, 0.6) is 17.2 Å². The number of halogens is 2. The fraction of sp³-hybridized carbons (Fsp3) is 0.409. The number of benzene rings is 2. The minimum atomic E-state index is -0.889. The lowest BCUT2D eigenvalue weighted by Crippen LogP contribution is -2.31. The van der Waals surface area contributed by atoms with Crippen molar-refractivity contribution in [2.24, 2.45) is 0 Å². The Morgan fingerprint density at radius 3 is 2.14 bits per heavy atom. The number of anilines is 1. The number of nitrogens with one attached hydrogen (secondary N) is 1. The van der Waals surface area contributed by atoms with Crippen LogP contribution in [0.4, 0.5) is 10.5 Å². The molecule has 1 N–H and O–H groups in total. The third-order valence-electron chi connectivity index (χ3n) is 5.66. The second-order valence-electron chi connectivity index (χ2n) is 7.40. The highest BCUT2D eigenvalue weighted by atomic mass is 35.5. The Labute approximate surface area is 180 Å². The molecule has 2 aromatic carbocycles. The molecule has 2 aromatic rings. The van der Waals surface area contributed by atoms with E-state index in [0.717, 1.165) is 23.8 Å². The van der Waals surface area contributed by atoms with Crippen molar-refractivity contribution >= 4 is 33.6 Å². The molecule has 0 radical (unpaired) electrons. The van der Waals surface area contributed by atoms with Crippen LogP contribution < -0.4 is 19.5 Å². The van der Waals surface area contributed by atoms with Crippen molar-refractivity contribution in [2.75, 3.05) is 31.7 Å². The highest BCUT2D eigenvalue weighted by Crippen LogP contribution is 2.52. The summed E-state index contributed by atoms with van der Waals surface area (Å²) >= 11 is 8.80. The molecule has 1 fully saturated rings. The van der Waals surface area contributed by atoms with Crippen molar-refractivity contribution in [2.45, 2.75) is 31.1 Å².